The van der Waals surface area contributed by atoms with Gasteiger partial charge in [0.2, 0.25) is 0 Å². The largest absolute Gasteiger partial charge is 0.372 e. The molecule has 4 nitrogen and oxygen atoms in total. The molecule has 1 atom stereocenters. The minimum atomic E-state index is -0.340. The maximum Gasteiger partial charge on any atom is 0.251 e. The molecule has 0 aromatic heterocycles. The Bertz CT molecular complexity index is 386. The number of nitrogens with zero attached hydrogens (tertiary/aromatic N) is 2. The van der Waals surface area contributed by atoms with Crippen molar-refractivity contribution >= 4 is 11.6 Å². The predicted octanol–water partition coefficient (Wildman–Crippen LogP) is 1.37. The molecule has 1 aromatic rings. The van der Waals surface area contributed by atoms with Crippen LogP contribution in [0, 0.1) is 0 Å². The third kappa shape index (κ3) is 2.82. The van der Waals surface area contributed by atoms with Crippen LogP contribution >= 0.6 is 0 Å². The highest BCUT2D eigenvalue weighted by Crippen LogP contribution is 2.16. The zero-order chi connectivity index (χ0) is 13.0. The molecule has 1 aliphatic heterocycles. The molecule has 0 bridgehead atoms. The molecule has 1 unspecified atom stereocenters. The van der Waals surface area contributed by atoms with Gasteiger partial charge in [-0.15, -0.1) is 0 Å². The summed E-state index contributed by atoms with van der Waals surface area (Å²) in [7, 11) is 1.57. The highest BCUT2D eigenvalue weighted by molar-refractivity contribution is 5.80. The van der Waals surface area contributed by atoms with Crippen LogP contribution < -0.4 is 4.90 Å². The van der Waals surface area contributed by atoms with E-state index in [-0.39, 0.29) is 12.0 Å². The van der Waals surface area contributed by atoms with Crippen molar-refractivity contribution in [3.05, 3.63) is 30.3 Å². The number of hydrogen-bond donors (Lipinski definition) is 0. The van der Waals surface area contributed by atoms with Crippen molar-refractivity contribution in [3.8, 4) is 0 Å². The van der Waals surface area contributed by atoms with E-state index in [9.17, 15) is 4.79 Å². The third-order valence-corrected chi connectivity index (χ3v) is 3.41. The maximum absolute atomic E-state index is 12.0. The van der Waals surface area contributed by atoms with Gasteiger partial charge in [-0.25, -0.2) is 0 Å². The van der Waals surface area contributed by atoms with Gasteiger partial charge < -0.3 is 14.5 Å². The van der Waals surface area contributed by atoms with E-state index >= 15 is 0 Å². The fraction of sp³-hybridized carbons (Fsp3) is 0.500. The number of methoxy groups -OCH3 is 1. The Morgan fingerprint density at radius 3 is 2.33 bits per heavy atom. The first-order valence-corrected chi connectivity index (χ1v) is 6.34. The molecule has 0 aliphatic carbocycles. The molecule has 0 saturated carbocycles. The number of hydrogen-bond acceptors (Lipinski definition) is 3. The molecule has 18 heavy (non-hydrogen) atoms. The Morgan fingerprint density at radius 1 is 1.17 bits per heavy atom. The monoisotopic (exact) mass is 248 g/mol. The van der Waals surface area contributed by atoms with Crippen molar-refractivity contribution in [2.24, 2.45) is 0 Å². The smallest absolute Gasteiger partial charge is 0.251 e. The minimum absolute atomic E-state index is 0.0882. The molecule has 4 heteroatoms. The van der Waals surface area contributed by atoms with Crippen LogP contribution in [0.4, 0.5) is 5.69 Å². The first kappa shape index (κ1) is 12.9. The highest BCUT2D eigenvalue weighted by Gasteiger charge is 2.24. The summed E-state index contributed by atoms with van der Waals surface area (Å²) >= 11 is 0. The van der Waals surface area contributed by atoms with Crippen molar-refractivity contribution in [2.45, 2.75) is 13.0 Å². The second kappa shape index (κ2) is 5.87. The van der Waals surface area contributed by atoms with E-state index in [2.05, 4.69) is 17.0 Å². The van der Waals surface area contributed by atoms with Crippen LogP contribution in [0.2, 0.25) is 0 Å². The van der Waals surface area contributed by atoms with Crippen LogP contribution in [0.5, 0.6) is 0 Å². The van der Waals surface area contributed by atoms with Gasteiger partial charge in [-0.1, -0.05) is 18.2 Å². The van der Waals surface area contributed by atoms with Gasteiger partial charge in [-0.05, 0) is 19.1 Å². The summed E-state index contributed by atoms with van der Waals surface area (Å²) in [5.41, 5.74) is 1.23. The molecule has 1 amide bonds. The fourth-order valence-electron chi connectivity index (χ4n) is 2.18. The number of rotatable bonds is 3. The highest BCUT2D eigenvalue weighted by atomic mass is 16.5. The van der Waals surface area contributed by atoms with Crippen molar-refractivity contribution in [1.29, 1.82) is 0 Å². The van der Waals surface area contributed by atoms with E-state index in [0.717, 1.165) is 26.2 Å². The van der Waals surface area contributed by atoms with Gasteiger partial charge in [0.1, 0.15) is 6.10 Å². The molecule has 1 heterocycles. The van der Waals surface area contributed by atoms with E-state index < -0.39 is 0 Å². The molecule has 0 N–H and O–H groups in total. The summed E-state index contributed by atoms with van der Waals surface area (Å²) in [6.07, 6.45) is -0.340. The number of para-hydroxylation sites is 1. The molecule has 1 aliphatic rings. The van der Waals surface area contributed by atoms with Gasteiger partial charge in [0.05, 0.1) is 0 Å². The Hall–Kier alpha value is -1.55. The molecule has 0 radical (unpaired) electrons. The lowest BCUT2D eigenvalue weighted by molar-refractivity contribution is -0.141. The first-order chi connectivity index (χ1) is 8.72. The first-order valence-electron chi connectivity index (χ1n) is 6.34. The molecule has 1 aromatic carbocycles. The summed E-state index contributed by atoms with van der Waals surface area (Å²) < 4.78 is 5.07. The number of benzene rings is 1. The van der Waals surface area contributed by atoms with Gasteiger partial charge in [0.15, 0.2) is 0 Å². The van der Waals surface area contributed by atoms with Crippen molar-refractivity contribution in [1.82, 2.24) is 4.90 Å². The maximum atomic E-state index is 12.0. The molecular weight excluding hydrogens is 228 g/mol. The van der Waals surface area contributed by atoms with Crippen molar-refractivity contribution < 1.29 is 9.53 Å². The van der Waals surface area contributed by atoms with E-state index in [1.165, 1.54) is 5.69 Å². The zero-order valence-electron chi connectivity index (χ0n) is 11.0. The normalized spacial score (nSPS) is 17.7. The Labute approximate surface area is 108 Å². The van der Waals surface area contributed by atoms with Gasteiger partial charge in [0, 0.05) is 39.0 Å². The number of piperazine rings is 1. The number of carbonyl (C=O) groups is 1. The lowest BCUT2D eigenvalue weighted by Crippen LogP contribution is -2.51. The van der Waals surface area contributed by atoms with Crippen LogP contribution in [0.15, 0.2) is 30.3 Å². The summed E-state index contributed by atoms with van der Waals surface area (Å²) in [4.78, 5) is 16.1. The summed E-state index contributed by atoms with van der Waals surface area (Å²) in [6.45, 7) is 5.09. The Kier molecular flexibility index (Phi) is 4.20. The lowest BCUT2D eigenvalue weighted by atomic mass is 10.2. The lowest BCUT2D eigenvalue weighted by Gasteiger charge is -2.37. The van der Waals surface area contributed by atoms with Gasteiger partial charge in [-0.2, -0.15) is 0 Å². The van der Waals surface area contributed by atoms with E-state index in [0.29, 0.717) is 0 Å². The number of amides is 1. The average Bonchev–Trinajstić information content (AvgIpc) is 2.47. The molecule has 1 saturated heterocycles. The number of anilines is 1. The van der Waals surface area contributed by atoms with Gasteiger partial charge in [-0.3, -0.25) is 4.79 Å². The average molecular weight is 248 g/mol. The summed E-state index contributed by atoms with van der Waals surface area (Å²) in [6, 6.07) is 10.3. The molecule has 2 rings (SSSR count). The van der Waals surface area contributed by atoms with Crippen LogP contribution in [0.25, 0.3) is 0 Å². The van der Waals surface area contributed by atoms with Crippen molar-refractivity contribution in [2.75, 3.05) is 38.2 Å². The third-order valence-electron chi connectivity index (χ3n) is 3.41. The predicted molar refractivity (Wildman–Crippen MR) is 71.7 cm³/mol. The van der Waals surface area contributed by atoms with E-state index in [1.54, 1.807) is 14.0 Å². The molecule has 0 spiro atoms. The topological polar surface area (TPSA) is 32.8 Å². The van der Waals surface area contributed by atoms with E-state index in [4.69, 9.17) is 4.74 Å². The Morgan fingerprint density at radius 2 is 1.78 bits per heavy atom. The Balaban J connectivity index is 1.90. The second-order valence-corrected chi connectivity index (χ2v) is 4.53. The van der Waals surface area contributed by atoms with Crippen LogP contribution in [0.1, 0.15) is 6.92 Å². The summed E-state index contributed by atoms with van der Waals surface area (Å²) in [5.74, 6) is 0.0882. The fourth-order valence-corrected chi connectivity index (χ4v) is 2.18. The minimum Gasteiger partial charge on any atom is -0.372 e. The molecular formula is C14H20N2O2. The van der Waals surface area contributed by atoms with Crippen LogP contribution in [-0.2, 0) is 9.53 Å². The number of carbonyl (C=O) groups excluding carboxylic acids is 1. The molecule has 1 fully saturated rings. The van der Waals surface area contributed by atoms with Crippen molar-refractivity contribution in [3.63, 3.8) is 0 Å². The number of ether oxygens (including phenoxy) is 1. The van der Waals surface area contributed by atoms with Crippen LogP contribution in [-0.4, -0.2) is 50.2 Å². The quantitative estimate of drug-likeness (QED) is 0.810. The summed E-state index contributed by atoms with van der Waals surface area (Å²) in [5, 5.41) is 0. The van der Waals surface area contributed by atoms with Gasteiger partial charge in [0.25, 0.3) is 5.91 Å². The van der Waals surface area contributed by atoms with Crippen LogP contribution in [0.3, 0.4) is 0 Å². The SMILES string of the molecule is COC(C)C(=O)N1CCN(c2ccccc2)CC1. The van der Waals surface area contributed by atoms with Gasteiger partial charge >= 0.3 is 0 Å². The zero-order valence-corrected chi connectivity index (χ0v) is 11.0. The molecule has 98 valence electrons. The second-order valence-electron chi connectivity index (χ2n) is 4.53. The standard InChI is InChI=1S/C14H20N2O2/c1-12(18-2)14(17)16-10-8-15(9-11-16)13-6-4-3-5-7-13/h3-7,12H,8-11H2,1-2H3. The van der Waals surface area contributed by atoms with E-state index in [1.807, 2.05) is 23.1 Å².